The lowest BCUT2D eigenvalue weighted by Crippen LogP contribution is -2.28. The van der Waals surface area contributed by atoms with Gasteiger partial charge in [0.25, 0.3) is 0 Å². The molecule has 3 nitrogen and oxygen atoms in total. The summed E-state index contributed by atoms with van der Waals surface area (Å²) < 4.78 is 19.0. The Balaban J connectivity index is 1.56. The lowest BCUT2D eigenvalue weighted by atomic mass is 9.95. The molecule has 3 aromatic rings. The van der Waals surface area contributed by atoms with E-state index in [1.807, 2.05) is 36.4 Å². The van der Waals surface area contributed by atoms with Crippen LogP contribution >= 0.6 is 0 Å². The van der Waals surface area contributed by atoms with Gasteiger partial charge in [0.1, 0.15) is 30.1 Å². The molecule has 0 amide bonds. The lowest BCUT2D eigenvalue weighted by molar-refractivity contribution is 0.370. The predicted octanol–water partition coefficient (Wildman–Crippen LogP) is 4.69. The Morgan fingerprint density at radius 2 is 1.54 bits per heavy atom. The number of hydrogen-bond donors (Lipinski definition) is 1. The SMILES string of the molecule is Fc1cccc(OCC2=NC(c3ccccc3)C(c3ccccc3)N2)c1. The normalized spacial score (nSPS) is 18.9. The summed E-state index contributed by atoms with van der Waals surface area (Å²) in [6, 6.07) is 26.6. The third-order valence-electron chi connectivity index (χ3n) is 4.40. The minimum atomic E-state index is -0.312. The van der Waals surface area contributed by atoms with Crippen LogP contribution in [-0.2, 0) is 0 Å². The van der Waals surface area contributed by atoms with Crippen LogP contribution in [0.15, 0.2) is 89.9 Å². The van der Waals surface area contributed by atoms with Crippen molar-refractivity contribution in [2.75, 3.05) is 6.61 Å². The van der Waals surface area contributed by atoms with Crippen molar-refractivity contribution in [1.29, 1.82) is 0 Å². The molecule has 3 aromatic carbocycles. The highest BCUT2D eigenvalue weighted by atomic mass is 19.1. The molecular formula is C22H19FN2O. The van der Waals surface area contributed by atoms with Crippen molar-refractivity contribution >= 4 is 5.84 Å². The number of ether oxygens (including phenoxy) is 1. The van der Waals surface area contributed by atoms with E-state index in [9.17, 15) is 4.39 Å². The van der Waals surface area contributed by atoms with Crippen LogP contribution in [0.1, 0.15) is 23.2 Å². The van der Waals surface area contributed by atoms with Gasteiger partial charge in [-0.05, 0) is 23.3 Å². The molecule has 0 spiro atoms. The van der Waals surface area contributed by atoms with Gasteiger partial charge in [-0.15, -0.1) is 0 Å². The highest BCUT2D eigenvalue weighted by Crippen LogP contribution is 2.35. The number of halogens is 1. The highest BCUT2D eigenvalue weighted by Gasteiger charge is 2.31. The van der Waals surface area contributed by atoms with Crippen molar-refractivity contribution < 1.29 is 9.13 Å². The fraction of sp³-hybridized carbons (Fsp3) is 0.136. The molecule has 4 rings (SSSR count). The summed E-state index contributed by atoms with van der Waals surface area (Å²) in [4.78, 5) is 4.84. The topological polar surface area (TPSA) is 33.6 Å². The minimum absolute atomic E-state index is 0.0234. The van der Waals surface area contributed by atoms with Crippen LogP contribution in [0.5, 0.6) is 5.75 Å². The molecule has 0 aromatic heterocycles. The van der Waals surface area contributed by atoms with Crippen LogP contribution < -0.4 is 10.1 Å². The Bertz CT molecular complexity index is 896. The van der Waals surface area contributed by atoms with Gasteiger partial charge in [-0.1, -0.05) is 66.7 Å². The Hall–Kier alpha value is -3.14. The van der Waals surface area contributed by atoms with Crippen LogP contribution in [0.2, 0.25) is 0 Å². The van der Waals surface area contributed by atoms with Crippen LogP contribution in [0.3, 0.4) is 0 Å². The first kappa shape index (κ1) is 16.3. The summed E-state index contributed by atoms with van der Waals surface area (Å²) in [5, 5.41) is 3.47. The molecule has 1 aliphatic heterocycles. The Morgan fingerprint density at radius 3 is 2.23 bits per heavy atom. The number of hydrogen-bond acceptors (Lipinski definition) is 3. The minimum Gasteiger partial charge on any atom is -0.486 e. The van der Waals surface area contributed by atoms with Crippen LogP contribution in [0.25, 0.3) is 0 Å². The average Bonchev–Trinajstić information content (AvgIpc) is 3.12. The second-order valence-corrected chi connectivity index (χ2v) is 6.21. The van der Waals surface area contributed by atoms with Gasteiger partial charge in [0.2, 0.25) is 0 Å². The molecule has 1 N–H and O–H groups in total. The molecule has 2 atom stereocenters. The fourth-order valence-corrected chi connectivity index (χ4v) is 3.17. The van der Waals surface area contributed by atoms with Gasteiger partial charge in [0.15, 0.2) is 0 Å². The first-order valence-electron chi connectivity index (χ1n) is 8.61. The van der Waals surface area contributed by atoms with Crippen molar-refractivity contribution in [3.8, 4) is 5.75 Å². The first-order valence-corrected chi connectivity index (χ1v) is 8.61. The quantitative estimate of drug-likeness (QED) is 0.727. The molecule has 4 heteroatoms. The molecule has 0 saturated heterocycles. The predicted molar refractivity (Wildman–Crippen MR) is 101 cm³/mol. The molecule has 0 fully saturated rings. The smallest absolute Gasteiger partial charge is 0.145 e. The fourth-order valence-electron chi connectivity index (χ4n) is 3.17. The maximum Gasteiger partial charge on any atom is 0.145 e. The lowest BCUT2D eigenvalue weighted by Gasteiger charge is -2.19. The third kappa shape index (κ3) is 3.59. The van der Waals surface area contributed by atoms with Crippen LogP contribution in [0.4, 0.5) is 4.39 Å². The Kier molecular flexibility index (Phi) is 4.65. The van der Waals surface area contributed by atoms with Crippen molar-refractivity contribution in [1.82, 2.24) is 5.32 Å². The maximum atomic E-state index is 13.3. The van der Waals surface area contributed by atoms with Gasteiger partial charge >= 0.3 is 0 Å². The number of nitrogens with one attached hydrogen (secondary N) is 1. The number of amidine groups is 1. The van der Waals surface area contributed by atoms with E-state index in [0.29, 0.717) is 5.75 Å². The van der Waals surface area contributed by atoms with E-state index in [-0.39, 0.29) is 24.5 Å². The van der Waals surface area contributed by atoms with E-state index in [1.165, 1.54) is 17.7 Å². The number of rotatable bonds is 5. The number of nitrogens with zero attached hydrogens (tertiary/aromatic N) is 1. The molecule has 130 valence electrons. The van der Waals surface area contributed by atoms with Gasteiger partial charge in [-0.3, -0.25) is 4.99 Å². The average molecular weight is 346 g/mol. The molecule has 0 aliphatic carbocycles. The van der Waals surface area contributed by atoms with Gasteiger partial charge < -0.3 is 10.1 Å². The Morgan fingerprint density at radius 1 is 0.846 bits per heavy atom. The van der Waals surface area contributed by atoms with E-state index in [1.54, 1.807) is 12.1 Å². The summed E-state index contributed by atoms with van der Waals surface area (Å²) in [7, 11) is 0. The highest BCUT2D eigenvalue weighted by molar-refractivity contribution is 5.86. The Labute approximate surface area is 152 Å². The zero-order valence-electron chi connectivity index (χ0n) is 14.2. The second-order valence-electron chi connectivity index (χ2n) is 6.21. The zero-order valence-corrected chi connectivity index (χ0v) is 14.2. The zero-order chi connectivity index (χ0) is 17.8. The number of benzene rings is 3. The van der Waals surface area contributed by atoms with Crippen LogP contribution in [0, 0.1) is 5.82 Å². The molecule has 26 heavy (non-hydrogen) atoms. The van der Waals surface area contributed by atoms with E-state index in [0.717, 1.165) is 11.4 Å². The van der Waals surface area contributed by atoms with Gasteiger partial charge in [0, 0.05) is 6.07 Å². The van der Waals surface area contributed by atoms with Gasteiger partial charge in [-0.2, -0.15) is 0 Å². The number of aliphatic imine (C=N–C) groups is 1. The summed E-state index contributed by atoms with van der Waals surface area (Å²) in [6.07, 6.45) is 0. The standard InChI is InChI=1S/C22H19FN2O/c23-18-12-7-13-19(14-18)26-15-20-24-21(16-8-3-1-4-9-16)22(25-20)17-10-5-2-6-11-17/h1-14,21-22H,15H2,(H,24,25). The largest absolute Gasteiger partial charge is 0.486 e. The summed E-state index contributed by atoms with van der Waals surface area (Å²) in [5.41, 5.74) is 2.32. The summed E-state index contributed by atoms with van der Waals surface area (Å²) >= 11 is 0. The van der Waals surface area contributed by atoms with Crippen molar-refractivity contribution in [3.05, 3.63) is 102 Å². The van der Waals surface area contributed by atoms with Crippen molar-refractivity contribution in [2.45, 2.75) is 12.1 Å². The molecule has 0 bridgehead atoms. The monoisotopic (exact) mass is 346 g/mol. The first-order chi connectivity index (χ1) is 12.8. The van der Waals surface area contributed by atoms with Crippen molar-refractivity contribution in [2.24, 2.45) is 4.99 Å². The molecule has 2 unspecified atom stereocenters. The maximum absolute atomic E-state index is 13.3. The van der Waals surface area contributed by atoms with E-state index >= 15 is 0 Å². The van der Waals surface area contributed by atoms with Crippen LogP contribution in [-0.4, -0.2) is 12.4 Å². The van der Waals surface area contributed by atoms with E-state index < -0.39 is 0 Å². The van der Waals surface area contributed by atoms with Crippen molar-refractivity contribution in [3.63, 3.8) is 0 Å². The van der Waals surface area contributed by atoms with E-state index in [4.69, 9.17) is 9.73 Å². The molecule has 0 radical (unpaired) electrons. The molecule has 1 heterocycles. The second kappa shape index (κ2) is 7.40. The molecule has 1 aliphatic rings. The molecular weight excluding hydrogens is 327 g/mol. The summed E-state index contributed by atoms with van der Waals surface area (Å²) in [6.45, 7) is 0.274. The van der Waals surface area contributed by atoms with Gasteiger partial charge in [-0.25, -0.2) is 4.39 Å². The third-order valence-corrected chi connectivity index (χ3v) is 4.40. The van der Waals surface area contributed by atoms with Gasteiger partial charge in [0.05, 0.1) is 6.04 Å². The molecule has 0 saturated carbocycles. The summed E-state index contributed by atoms with van der Waals surface area (Å²) in [5.74, 6) is 0.944. The van der Waals surface area contributed by atoms with E-state index in [2.05, 4.69) is 29.6 Å².